The summed E-state index contributed by atoms with van der Waals surface area (Å²) in [7, 11) is 0. The Morgan fingerprint density at radius 3 is 2.19 bits per heavy atom. The molecule has 2 atom stereocenters. The van der Waals surface area contributed by atoms with E-state index in [0.29, 0.717) is 0 Å². The number of hydrogen-bond donors (Lipinski definition) is 0. The molecule has 0 heterocycles. The van der Waals surface area contributed by atoms with E-state index >= 15 is 0 Å². The summed E-state index contributed by atoms with van der Waals surface area (Å²) in [5.74, 6) is -1.34. The molecule has 0 aromatic heterocycles. The minimum atomic E-state index is -4.66. The monoisotopic (exact) mass is 244 g/mol. The molecule has 0 aliphatic heterocycles. The van der Waals surface area contributed by atoms with Gasteiger partial charge in [0.1, 0.15) is 6.10 Å². The standard InChI is InChI=1S/C10H16F4O2/c1-4-9(3,10(12,13)14)8(15)16-7(2)5-6-11/h7H,4-6H2,1-3H3. The molecule has 0 aromatic rings. The van der Waals surface area contributed by atoms with Gasteiger partial charge in [0.2, 0.25) is 0 Å². The Labute approximate surface area is 92.0 Å². The summed E-state index contributed by atoms with van der Waals surface area (Å²) in [6, 6.07) is 0. The van der Waals surface area contributed by atoms with Gasteiger partial charge in [-0.2, -0.15) is 13.2 Å². The molecule has 2 nitrogen and oxygen atoms in total. The number of hydrogen-bond acceptors (Lipinski definition) is 2. The molecule has 0 aromatic carbocycles. The number of ether oxygens (including phenoxy) is 1. The van der Waals surface area contributed by atoms with Crippen molar-refractivity contribution in [2.45, 2.75) is 45.9 Å². The van der Waals surface area contributed by atoms with Crippen molar-refractivity contribution in [3.63, 3.8) is 0 Å². The summed E-state index contributed by atoms with van der Waals surface area (Å²) in [5.41, 5.74) is -2.52. The van der Waals surface area contributed by atoms with Gasteiger partial charge in [0.25, 0.3) is 0 Å². The molecule has 0 bridgehead atoms. The van der Waals surface area contributed by atoms with Crippen LogP contribution in [0.5, 0.6) is 0 Å². The van der Waals surface area contributed by atoms with Gasteiger partial charge in [-0.1, -0.05) is 6.92 Å². The average molecular weight is 244 g/mol. The van der Waals surface area contributed by atoms with Crippen LogP contribution in [0.2, 0.25) is 0 Å². The van der Waals surface area contributed by atoms with Gasteiger partial charge < -0.3 is 4.74 Å². The van der Waals surface area contributed by atoms with E-state index in [0.717, 1.165) is 6.92 Å². The van der Waals surface area contributed by atoms with Crippen molar-refractivity contribution >= 4 is 5.97 Å². The van der Waals surface area contributed by atoms with Crippen molar-refractivity contribution in [3.05, 3.63) is 0 Å². The highest BCUT2D eigenvalue weighted by Crippen LogP contribution is 2.41. The third kappa shape index (κ3) is 3.35. The molecule has 0 aliphatic carbocycles. The molecule has 0 N–H and O–H groups in total. The zero-order valence-electron chi connectivity index (χ0n) is 9.53. The van der Waals surface area contributed by atoms with Crippen LogP contribution in [0.1, 0.15) is 33.6 Å². The van der Waals surface area contributed by atoms with Gasteiger partial charge in [-0.05, 0) is 20.3 Å². The number of carbonyl (C=O) groups is 1. The molecule has 2 unspecified atom stereocenters. The Kier molecular flexibility index (Phi) is 5.22. The van der Waals surface area contributed by atoms with Crippen LogP contribution >= 0.6 is 0 Å². The first-order valence-electron chi connectivity index (χ1n) is 5.02. The van der Waals surface area contributed by atoms with E-state index in [1.54, 1.807) is 0 Å². The minimum Gasteiger partial charge on any atom is -0.462 e. The zero-order chi connectivity index (χ0) is 13.0. The lowest BCUT2D eigenvalue weighted by molar-refractivity contribution is -0.233. The zero-order valence-corrected chi connectivity index (χ0v) is 9.53. The van der Waals surface area contributed by atoms with E-state index in [-0.39, 0.29) is 6.42 Å². The summed E-state index contributed by atoms with van der Waals surface area (Å²) >= 11 is 0. The van der Waals surface area contributed by atoms with Crippen molar-refractivity contribution in [3.8, 4) is 0 Å². The SMILES string of the molecule is CCC(C)(C(=O)OC(C)CCF)C(F)(F)F. The number of carbonyl (C=O) groups excluding carboxylic acids is 1. The maximum atomic E-state index is 12.6. The molecule has 0 spiro atoms. The molecule has 0 amide bonds. The number of halogens is 4. The Balaban J connectivity index is 4.67. The molecule has 0 saturated carbocycles. The van der Waals surface area contributed by atoms with Gasteiger partial charge in [0.15, 0.2) is 5.41 Å². The summed E-state index contributed by atoms with van der Waals surface area (Å²) in [6.07, 6.45) is -6.00. The van der Waals surface area contributed by atoms with Gasteiger partial charge in [-0.15, -0.1) is 0 Å². The largest absolute Gasteiger partial charge is 0.462 e. The second-order valence-electron chi connectivity index (χ2n) is 3.88. The van der Waals surface area contributed by atoms with Crippen LogP contribution in [-0.2, 0) is 9.53 Å². The molecule has 0 rings (SSSR count). The fourth-order valence-electron chi connectivity index (χ4n) is 0.986. The Bertz CT molecular complexity index is 239. The molecule has 96 valence electrons. The number of esters is 1. The molecule has 6 heteroatoms. The first-order valence-corrected chi connectivity index (χ1v) is 5.02. The van der Waals surface area contributed by atoms with E-state index in [2.05, 4.69) is 4.74 Å². The quantitative estimate of drug-likeness (QED) is 0.548. The van der Waals surface area contributed by atoms with Gasteiger partial charge in [-0.25, -0.2) is 0 Å². The summed E-state index contributed by atoms with van der Waals surface area (Å²) < 4.78 is 54.3. The molecular weight excluding hydrogens is 228 g/mol. The molecule has 0 saturated heterocycles. The van der Waals surface area contributed by atoms with Gasteiger partial charge in [0.05, 0.1) is 6.67 Å². The van der Waals surface area contributed by atoms with E-state index in [1.807, 2.05) is 0 Å². The van der Waals surface area contributed by atoms with E-state index < -0.39 is 36.8 Å². The van der Waals surface area contributed by atoms with Crippen LogP contribution in [0, 0.1) is 5.41 Å². The minimum absolute atomic E-state index is 0.0939. The van der Waals surface area contributed by atoms with Gasteiger partial charge in [-0.3, -0.25) is 9.18 Å². The normalized spacial score (nSPS) is 17.7. The molecular formula is C10H16F4O2. The first-order chi connectivity index (χ1) is 7.19. The predicted octanol–water partition coefficient (Wildman–Crippen LogP) is 3.26. The highest BCUT2D eigenvalue weighted by Gasteiger charge is 2.56. The van der Waals surface area contributed by atoms with Crippen molar-refractivity contribution < 1.29 is 27.1 Å². The van der Waals surface area contributed by atoms with E-state index in [1.165, 1.54) is 13.8 Å². The fraction of sp³-hybridized carbons (Fsp3) is 0.900. The lowest BCUT2D eigenvalue weighted by Crippen LogP contribution is -2.44. The van der Waals surface area contributed by atoms with E-state index in [9.17, 15) is 22.4 Å². The second-order valence-corrected chi connectivity index (χ2v) is 3.88. The molecule has 0 aliphatic rings. The molecule has 0 fully saturated rings. The summed E-state index contributed by atoms with van der Waals surface area (Å²) in [6.45, 7) is 2.68. The van der Waals surface area contributed by atoms with Crippen LogP contribution in [0.15, 0.2) is 0 Å². The summed E-state index contributed by atoms with van der Waals surface area (Å²) in [5, 5.41) is 0. The number of alkyl halides is 4. The van der Waals surface area contributed by atoms with Crippen molar-refractivity contribution in [1.29, 1.82) is 0 Å². The van der Waals surface area contributed by atoms with Crippen LogP contribution in [0.25, 0.3) is 0 Å². The fourth-order valence-corrected chi connectivity index (χ4v) is 0.986. The van der Waals surface area contributed by atoms with Crippen LogP contribution in [0.4, 0.5) is 17.6 Å². The Hall–Kier alpha value is -0.810. The third-order valence-corrected chi connectivity index (χ3v) is 2.61. The van der Waals surface area contributed by atoms with Crippen LogP contribution in [0.3, 0.4) is 0 Å². The van der Waals surface area contributed by atoms with Crippen LogP contribution in [-0.4, -0.2) is 24.9 Å². The Morgan fingerprint density at radius 2 is 1.88 bits per heavy atom. The lowest BCUT2D eigenvalue weighted by Gasteiger charge is -2.29. The Morgan fingerprint density at radius 1 is 1.38 bits per heavy atom. The third-order valence-electron chi connectivity index (χ3n) is 2.61. The van der Waals surface area contributed by atoms with Crippen molar-refractivity contribution in [2.75, 3.05) is 6.67 Å². The first kappa shape index (κ1) is 15.2. The maximum absolute atomic E-state index is 12.6. The number of rotatable bonds is 5. The summed E-state index contributed by atoms with van der Waals surface area (Å²) in [4.78, 5) is 11.4. The van der Waals surface area contributed by atoms with Crippen LogP contribution < -0.4 is 0 Å². The lowest BCUT2D eigenvalue weighted by atomic mass is 9.87. The smallest absolute Gasteiger partial charge is 0.404 e. The highest BCUT2D eigenvalue weighted by molar-refractivity contribution is 5.77. The molecule has 16 heavy (non-hydrogen) atoms. The van der Waals surface area contributed by atoms with Gasteiger partial charge in [0, 0.05) is 6.42 Å². The van der Waals surface area contributed by atoms with Gasteiger partial charge >= 0.3 is 12.1 Å². The predicted molar refractivity (Wildman–Crippen MR) is 50.6 cm³/mol. The maximum Gasteiger partial charge on any atom is 0.404 e. The second kappa shape index (κ2) is 5.50. The van der Waals surface area contributed by atoms with Crippen molar-refractivity contribution in [1.82, 2.24) is 0 Å². The average Bonchev–Trinajstić information content (AvgIpc) is 2.14. The van der Waals surface area contributed by atoms with E-state index in [4.69, 9.17) is 0 Å². The topological polar surface area (TPSA) is 26.3 Å². The van der Waals surface area contributed by atoms with Crippen molar-refractivity contribution in [2.24, 2.45) is 5.41 Å². The molecule has 0 radical (unpaired) electrons. The highest BCUT2D eigenvalue weighted by atomic mass is 19.4.